The average molecular weight is 629 g/mol. The van der Waals surface area contributed by atoms with Gasteiger partial charge in [-0.25, -0.2) is 4.79 Å². The number of hydrogen-bond donors (Lipinski definition) is 2. The Bertz CT molecular complexity index is 1730. The van der Waals surface area contributed by atoms with E-state index in [0.29, 0.717) is 41.7 Å². The van der Waals surface area contributed by atoms with Gasteiger partial charge >= 0.3 is 5.97 Å². The molecule has 46 heavy (non-hydrogen) atoms. The van der Waals surface area contributed by atoms with E-state index in [1.54, 1.807) is 6.08 Å². The van der Waals surface area contributed by atoms with Gasteiger partial charge in [0.2, 0.25) is 0 Å². The fraction of sp³-hybridized carbons (Fsp3) is 0.500. The minimum atomic E-state index is -1.63. The van der Waals surface area contributed by atoms with Crippen LogP contribution in [0.3, 0.4) is 0 Å². The third-order valence-corrected chi connectivity index (χ3v) is 10.5. The highest BCUT2D eigenvalue weighted by Crippen LogP contribution is 2.68. The fourth-order valence-corrected chi connectivity index (χ4v) is 8.17. The van der Waals surface area contributed by atoms with Crippen LogP contribution < -0.4 is 9.47 Å². The van der Waals surface area contributed by atoms with Crippen molar-refractivity contribution in [3.8, 4) is 17.2 Å². The van der Waals surface area contributed by atoms with Crippen molar-refractivity contribution >= 4 is 23.6 Å². The number of phenolic OH excluding ortho intramolecular Hbond substituents is 1. The van der Waals surface area contributed by atoms with Gasteiger partial charge in [0.1, 0.15) is 28.4 Å². The number of carboxylic acids is 1. The Balaban J connectivity index is 1.59. The number of aliphatic carboxylic acids is 1. The SMILES string of the molecule is CC(C)=CCC[C@]1(C)C=Cc2c(O)c3c(c(CC=C(C)C)c2O1)O[C@@]12C(=C[C@H]4C[C@H]1C(C)(C)O[C@@]2(C/C=C(/C)C(=O)O)C4=O)C3=O. The predicted molar refractivity (Wildman–Crippen MR) is 174 cm³/mol. The molecule has 1 aromatic rings. The molecule has 8 heteroatoms. The Morgan fingerprint density at radius 2 is 1.70 bits per heavy atom. The second kappa shape index (κ2) is 10.6. The Hall–Kier alpha value is -3.91. The van der Waals surface area contributed by atoms with Crippen LogP contribution in [0.1, 0.15) is 103 Å². The number of phenols is 1. The zero-order chi connectivity index (χ0) is 33.6. The number of rotatable bonds is 8. The molecule has 3 heterocycles. The molecule has 4 bridgehead atoms. The van der Waals surface area contributed by atoms with Gasteiger partial charge in [-0.05, 0) is 93.2 Å². The highest BCUT2D eigenvalue weighted by molar-refractivity contribution is 6.19. The molecule has 0 radical (unpaired) electrons. The molecule has 8 nitrogen and oxygen atoms in total. The van der Waals surface area contributed by atoms with E-state index in [-0.39, 0.29) is 40.8 Å². The van der Waals surface area contributed by atoms with Crippen molar-refractivity contribution in [1.82, 2.24) is 0 Å². The second-order valence-electron chi connectivity index (χ2n) is 14.8. The van der Waals surface area contributed by atoms with E-state index < -0.39 is 40.1 Å². The van der Waals surface area contributed by atoms with Gasteiger partial charge < -0.3 is 24.4 Å². The molecule has 5 atom stereocenters. The number of allylic oxidation sites excluding steroid dienone is 5. The summed E-state index contributed by atoms with van der Waals surface area (Å²) in [5.41, 5.74) is -0.952. The highest BCUT2D eigenvalue weighted by Gasteiger charge is 2.81. The van der Waals surface area contributed by atoms with Gasteiger partial charge in [0, 0.05) is 35.0 Å². The number of ether oxygens (including phenoxy) is 3. The number of Topliss-reactive ketones (excluding diaryl/α,β-unsaturated/α-hetero) is 2. The molecule has 244 valence electrons. The molecule has 3 aliphatic heterocycles. The monoisotopic (exact) mass is 628 g/mol. The zero-order valence-electron chi connectivity index (χ0n) is 28.0. The molecule has 3 aliphatic carbocycles. The molecule has 2 N–H and O–H groups in total. The maximum Gasteiger partial charge on any atom is 0.330 e. The molecular formula is C38H44O8. The first-order chi connectivity index (χ1) is 21.5. The first kappa shape index (κ1) is 32.0. The Morgan fingerprint density at radius 1 is 1.00 bits per heavy atom. The number of aromatic hydroxyl groups is 1. The van der Waals surface area contributed by atoms with Gasteiger partial charge in [-0.2, -0.15) is 0 Å². The molecular weight excluding hydrogens is 584 g/mol. The quantitative estimate of drug-likeness (QED) is 0.228. The molecule has 7 rings (SSSR count). The first-order valence-corrected chi connectivity index (χ1v) is 16.2. The lowest BCUT2D eigenvalue weighted by Crippen LogP contribution is -2.72. The molecule has 1 saturated carbocycles. The summed E-state index contributed by atoms with van der Waals surface area (Å²) in [5, 5.41) is 21.4. The minimum Gasteiger partial charge on any atom is -0.506 e. The molecule has 6 aliphatic rings. The van der Waals surface area contributed by atoms with E-state index in [1.165, 1.54) is 18.6 Å². The van der Waals surface area contributed by atoms with Crippen LogP contribution in [0.4, 0.5) is 0 Å². The van der Waals surface area contributed by atoms with Gasteiger partial charge in [0.05, 0.1) is 11.2 Å². The molecule has 0 unspecified atom stereocenters. The van der Waals surface area contributed by atoms with E-state index in [2.05, 4.69) is 19.9 Å². The third kappa shape index (κ3) is 4.47. The summed E-state index contributed by atoms with van der Waals surface area (Å²) in [6, 6.07) is 0. The van der Waals surface area contributed by atoms with Crippen molar-refractivity contribution in [1.29, 1.82) is 0 Å². The first-order valence-electron chi connectivity index (χ1n) is 16.2. The standard InChI is InChI=1S/C38H44O8/c1-20(2)10-9-15-36(8)16-14-24-29(39)28-30(40)26-18-23-19-27-35(6,7)46-37(33(23)41,17-13-22(5)34(42)43)38(26,27)45-32(28)25(31(24)44-36)12-11-21(3)4/h10-11,13-14,16,18,23,27,39H,9,12,15,17,19H2,1-8H3,(H,42,43)/b22-13-/t23-,27-,36+,37-,38-/m0/s1. The lowest BCUT2D eigenvalue weighted by molar-refractivity contribution is -0.171. The van der Waals surface area contributed by atoms with Crippen LogP contribution in [0.25, 0.3) is 6.08 Å². The lowest BCUT2D eigenvalue weighted by Gasteiger charge is -2.56. The van der Waals surface area contributed by atoms with E-state index in [4.69, 9.17) is 14.2 Å². The summed E-state index contributed by atoms with van der Waals surface area (Å²) in [7, 11) is 0. The van der Waals surface area contributed by atoms with E-state index in [0.717, 1.165) is 12.0 Å². The summed E-state index contributed by atoms with van der Waals surface area (Å²) < 4.78 is 20.6. The Kier molecular flexibility index (Phi) is 7.36. The Morgan fingerprint density at radius 3 is 2.35 bits per heavy atom. The number of ketones is 2. The Labute approximate surface area is 270 Å². The smallest absolute Gasteiger partial charge is 0.330 e. The molecule has 1 aromatic carbocycles. The molecule has 0 aromatic heterocycles. The van der Waals surface area contributed by atoms with Crippen LogP contribution in [0.5, 0.6) is 17.2 Å². The number of carbonyl (C=O) groups is 3. The second-order valence-corrected chi connectivity index (χ2v) is 14.8. The van der Waals surface area contributed by atoms with E-state index in [1.807, 2.05) is 52.8 Å². The van der Waals surface area contributed by atoms with Gasteiger partial charge in [-0.3, -0.25) is 9.59 Å². The van der Waals surface area contributed by atoms with Crippen LogP contribution in [-0.4, -0.2) is 50.2 Å². The van der Waals surface area contributed by atoms with Crippen molar-refractivity contribution in [3.05, 3.63) is 69.4 Å². The maximum atomic E-state index is 14.7. The summed E-state index contributed by atoms with van der Waals surface area (Å²) >= 11 is 0. The lowest BCUT2D eigenvalue weighted by atomic mass is 9.51. The number of benzene rings is 1. The van der Waals surface area contributed by atoms with Gasteiger partial charge in [0.15, 0.2) is 22.8 Å². The highest BCUT2D eigenvalue weighted by atomic mass is 16.6. The average Bonchev–Trinajstić information content (AvgIpc) is 3.12. The predicted octanol–water partition coefficient (Wildman–Crippen LogP) is 7.24. The van der Waals surface area contributed by atoms with Crippen molar-refractivity contribution in [2.45, 2.75) is 110 Å². The topological polar surface area (TPSA) is 119 Å². The number of fused-ring (bicyclic) bond motifs is 2. The summed E-state index contributed by atoms with van der Waals surface area (Å²) in [4.78, 5) is 40.8. The third-order valence-electron chi connectivity index (χ3n) is 10.5. The van der Waals surface area contributed by atoms with Crippen LogP contribution >= 0.6 is 0 Å². The number of carboxylic acid groups (broad SMARTS) is 1. The summed E-state index contributed by atoms with van der Waals surface area (Å²) in [6.45, 7) is 15.4. The molecule has 2 fully saturated rings. The van der Waals surface area contributed by atoms with Crippen LogP contribution in [0, 0.1) is 11.8 Å². The zero-order valence-corrected chi connectivity index (χ0v) is 28.0. The van der Waals surface area contributed by atoms with Gasteiger partial charge in [0.25, 0.3) is 0 Å². The van der Waals surface area contributed by atoms with Crippen molar-refractivity contribution in [2.75, 3.05) is 0 Å². The van der Waals surface area contributed by atoms with E-state index in [9.17, 15) is 24.6 Å². The number of carbonyl (C=O) groups excluding carboxylic acids is 2. The summed E-state index contributed by atoms with van der Waals surface area (Å²) in [5.74, 6) is -2.28. The maximum absolute atomic E-state index is 14.7. The van der Waals surface area contributed by atoms with Crippen molar-refractivity contribution < 1.29 is 38.8 Å². The summed E-state index contributed by atoms with van der Waals surface area (Å²) in [6.07, 6.45) is 13.4. The van der Waals surface area contributed by atoms with Crippen LogP contribution in [0.15, 0.2) is 52.7 Å². The van der Waals surface area contributed by atoms with Gasteiger partial charge in [-0.15, -0.1) is 0 Å². The van der Waals surface area contributed by atoms with Crippen molar-refractivity contribution in [3.63, 3.8) is 0 Å². The molecule has 1 spiro atoms. The van der Waals surface area contributed by atoms with E-state index >= 15 is 0 Å². The van der Waals surface area contributed by atoms with Gasteiger partial charge in [-0.1, -0.05) is 35.5 Å². The molecule has 0 amide bonds. The fourth-order valence-electron chi connectivity index (χ4n) is 8.17. The van der Waals surface area contributed by atoms with Crippen LogP contribution in [-0.2, 0) is 20.7 Å². The van der Waals surface area contributed by atoms with Crippen LogP contribution in [0.2, 0.25) is 0 Å². The van der Waals surface area contributed by atoms with Crippen molar-refractivity contribution in [2.24, 2.45) is 11.8 Å². The minimum absolute atomic E-state index is 0.0544. The molecule has 1 saturated heterocycles. The number of hydrogen-bond acceptors (Lipinski definition) is 7. The largest absolute Gasteiger partial charge is 0.506 e. The normalized spacial score (nSPS) is 31.2.